The molecule has 0 saturated heterocycles. The van der Waals surface area contributed by atoms with E-state index in [2.05, 4.69) is 0 Å². The van der Waals surface area contributed by atoms with Gasteiger partial charge < -0.3 is 14.6 Å². The minimum atomic E-state index is -0.0233. The van der Waals surface area contributed by atoms with Crippen molar-refractivity contribution >= 4 is 0 Å². The van der Waals surface area contributed by atoms with Crippen LogP contribution in [0.3, 0.4) is 0 Å². The minimum Gasteiger partial charge on any atom is -0.481 e. The number of allylic oxidation sites excluding steroid dienone is 3. The van der Waals surface area contributed by atoms with Crippen molar-refractivity contribution in [2.75, 3.05) is 20.3 Å². The maximum absolute atomic E-state index is 9.36. The molecule has 1 aliphatic rings. The zero-order chi connectivity index (χ0) is 9.68. The lowest BCUT2D eigenvalue weighted by Gasteiger charge is -2.01. The fourth-order valence-electron chi connectivity index (χ4n) is 1.10. The molecule has 0 fully saturated rings. The molecule has 1 aliphatic carbocycles. The molecular weight excluding hydrogens is 168 g/mol. The highest BCUT2D eigenvalue weighted by atomic mass is 16.6. The fraction of sp³-hybridized carbons (Fsp3) is 0.400. The maximum atomic E-state index is 9.36. The Balaban J connectivity index is 2.66. The van der Waals surface area contributed by atoms with Crippen molar-refractivity contribution in [2.45, 2.75) is 6.92 Å². The molecule has 0 saturated carbocycles. The van der Waals surface area contributed by atoms with Gasteiger partial charge in [0.15, 0.2) is 0 Å². The first-order valence-electron chi connectivity index (χ1n) is 4.21. The molecule has 0 aromatic heterocycles. The molecule has 13 heavy (non-hydrogen) atoms. The van der Waals surface area contributed by atoms with Crippen LogP contribution in [-0.4, -0.2) is 25.4 Å². The monoisotopic (exact) mass is 182 g/mol. The molecule has 0 aromatic carbocycles. The van der Waals surface area contributed by atoms with Crippen LogP contribution in [0.15, 0.2) is 35.3 Å². The third kappa shape index (κ3) is 2.63. The van der Waals surface area contributed by atoms with E-state index in [9.17, 15) is 5.11 Å². The Morgan fingerprint density at radius 1 is 1.46 bits per heavy atom. The highest BCUT2D eigenvalue weighted by Crippen LogP contribution is 2.18. The number of rotatable bonds is 4. The van der Waals surface area contributed by atoms with Crippen molar-refractivity contribution in [2.24, 2.45) is 0 Å². The Labute approximate surface area is 78.0 Å². The molecule has 0 spiro atoms. The first-order valence-corrected chi connectivity index (χ1v) is 4.21. The van der Waals surface area contributed by atoms with Gasteiger partial charge in [-0.3, -0.25) is 0 Å². The summed E-state index contributed by atoms with van der Waals surface area (Å²) < 4.78 is 9.90. The Kier molecular flexibility index (Phi) is 3.58. The normalized spacial score (nSPS) is 18.8. The average Bonchev–Trinajstić information content (AvgIpc) is 2.54. The van der Waals surface area contributed by atoms with Crippen LogP contribution in [0.4, 0.5) is 0 Å². The minimum absolute atomic E-state index is 0.0233. The molecule has 0 radical (unpaired) electrons. The van der Waals surface area contributed by atoms with Crippen LogP contribution >= 0.6 is 0 Å². The van der Waals surface area contributed by atoms with Crippen molar-refractivity contribution in [1.82, 2.24) is 0 Å². The Hall–Kier alpha value is -1.22. The van der Waals surface area contributed by atoms with Crippen molar-refractivity contribution in [3.05, 3.63) is 35.3 Å². The molecule has 3 nitrogen and oxygen atoms in total. The number of hydrogen-bond acceptors (Lipinski definition) is 3. The van der Waals surface area contributed by atoms with Crippen LogP contribution in [0.5, 0.6) is 0 Å². The lowest BCUT2D eigenvalue weighted by Crippen LogP contribution is -1.93. The molecule has 1 rings (SSSR count). The molecule has 0 atom stereocenters. The lowest BCUT2D eigenvalue weighted by atomic mass is 10.3. The van der Waals surface area contributed by atoms with E-state index in [1.54, 1.807) is 13.2 Å². The number of methoxy groups -OCH3 is 1. The lowest BCUT2D eigenvalue weighted by molar-refractivity contribution is 0.100. The first kappa shape index (κ1) is 9.86. The third-order valence-electron chi connectivity index (χ3n) is 1.66. The van der Waals surface area contributed by atoms with Crippen LogP contribution in [0, 0.1) is 0 Å². The van der Waals surface area contributed by atoms with Gasteiger partial charge in [0.2, 0.25) is 0 Å². The van der Waals surface area contributed by atoms with Gasteiger partial charge in [-0.2, -0.15) is 0 Å². The SMILES string of the molecule is CCOC(O)=C1C=CC(COC)=C1. The first-order chi connectivity index (χ1) is 6.27. The molecule has 0 heterocycles. The van der Waals surface area contributed by atoms with Gasteiger partial charge in [0.1, 0.15) is 0 Å². The second kappa shape index (κ2) is 4.72. The van der Waals surface area contributed by atoms with E-state index in [1.807, 2.05) is 19.1 Å². The number of hydrogen-bond donors (Lipinski definition) is 1. The summed E-state index contributed by atoms with van der Waals surface area (Å²) in [6.07, 6.45) is 5.54. The second-order valence-electron chi connectivity index (χ2n) is 2.68. The summed E-state index contributed by atoms with van der Waals surface area (Å²) in [7, 11) is 1.64. The van der Waals surface area contributed by atoms with Crippen molar-refractivity contribution in [3.63, 3.8) is 0 Å². The summed E-state index contributed by atoms with van der Waals surface area (Å²) >= 11 is 0. The highest BCUT2D eigenvalue weighted by molar-refractivity contribution is 5.46. The van der Waals surface area contributed by atoms with Crippen LogP contribution in [0.1, 0.15) is 6.92 Å². The topological polar surface area (TPSA) is 38.7 Å². The molecule has 1 N–H and O–H groups in total. The molecule has 0 aromatic rings. The van der Waals surface area contributed by atoms with E-state index in [0.717, 1.165) is 5.57 Å². The third-order valence-corrected chi connectivity index (χ3v) is 1.66. The van der Waals surface area contributed by atoms with Gasteiger partial charge in [0.25, 0.3) is 5.95 Å². The van der Waals surface area contributed by atoms with Crippen LogP contribution in [0.25, 0.3) is 0 Å². The Bertz CT molecular complexity index is 261. The van der Waals surface area contributed by atoms with Crippen LogP contribution in [-0.2, 0) is 9.47 Å². The Morgan fingerprint density at radius 2 is 2.23 bits per heavy atom. The van der Waals surface area contributed by atoms with E-state index in [0.29, 0.717) is 18.8 Å². The number of ether oxygens (including phenoxy) is 2. The van der Waals surface area contributed by atoms with Crippen LogP contribution in [0.2, 0.25) is 0 Å². The van der Waals surface area contributed by atoms with Gasteiger partial charge in [-0.1, -0.05) is 6.08 Å². The van der Waals surface area contributed by atoms with Gasteiger partial charge >= 0.3 is 0 Å². The predicted molar refractivity (Wildman–Crippen MR) is 50.4 cm³/mol. The summed E-state index contributed by atoms with van der Waals surface area (Å²) in [6, 6.07) is 0. The second-order valence-corrected chi connectivity index (χ2v) is 2.68. The van der Waals surface area contributed by atoms with Gasteiger partial charge in [-0.05, 0) is 24.6 Å². The molecule has 0 aliphatic heterocycles. The van der Waals surface area contributed by atoms with E-state index < -0.39 is 0 Å². The van der Waals surface area contributed by atoms with Gasteiger partial charge in [0, 0.05) is 7.11 Å². The van der Waals surface area contributed by atoms with Gasteiger partial charge in [0.05, 0.1) is 18.8 Å². The molecule has 3 heteroatoms. The van der Waals surface area contributed by atoms with Crippen molar-refractivity contribution < 1.29 is 14.6 Å². The van der Waals surface area contributed by atoms with Gasteiger partial charge in [-0.25, -0.2) is 0 Å². The summed E-state index contributed by atoms with van der Waals surface area (Å²) in [6.45, 7) is 2.85. The smallest absolute Gasteiger partial charge is 0.284 e. The fourth-order valence-corrected chi connectivity index (χ4v) is 1.10. The summed E-state index contributed by atoms with van der Waals surface area (Å²) in [5.74, 6) is -0.0233. The highest BCUT2D eigenvalue weighted by Gasteiger charge is 2.07. The maximum Gasteiger partial charge on any atom is 0.284 e. The van der Waals surface area contributed by atoms with E-state index in [-0.39, 0.29) is 5.95 Å². The molecule has 0 amide bonds. The zero-order valence-electron chi connectivity index (χ0n) is 7.91. The number of aliphatic hydroxyl groups excluding tert-OH is 1. The van der Waals surface area contributed by atoms with Crippen LogP contribution < -0.4 is 0 Å². The summed E-state index contributed by atoms with van der Waals surface area (Å²) in [5.41, 5.74) is 1.73. The molecule has 72 valence electrons. The molecule has 0 bridgehead atoms. The van der Waals surface area contributed by atoms with Gasteiger partial charge in [-0.15, -0.1) is 0 Å². The van der Waals surface area contributed by atoms with Crippen molar-refractivity contribution in [1.29, 1.82) is 0 Å². The molecule has 0 unspecified atom stereocenters. The largest absolute Gasteiger partial charge is 0.481 e. The summed E-state index contributed by atoms with van der Waals surface area (Å²) in [4.78, 5) is 0. The van der Waals surface area contributed by atoms with E-state index in [4.69, 9.17) is 9.47 Å². The number of aliphatic hydroxyl groups is 1. The zero-order valence-corrected chi connectivity index (χ0v) is 7.91. The van der Waals surface area contributed by atoms with Crippen molar-refractivity contribution in [3.8, 4) is 0 Å². The molecular formula is C10H14O3. The quantitative estimate of drug-likeness (QED) is 0.675. The standard InChI is InChI=1S/C10H14O3/c1-3-13-10(11)9-5-4-8(6-9)7-12-2/h4-6,11H,3,7H2,1-2H3. The van der Waals surface area contributed by atoms with E-state index >= 15 is 0 Å². The van der Waals surface area contributed by atoms with E-state index in [1.165, 1.54) is 0 Å². The Morgan fingerprint density at radius 3 is 2.85 bits per heavy atom. The average molecular weight is 182 g/mol. The predicted octanol–water partition coefficient (Wildman–Crippen LogP) is 1.94. The summed E-state index contributed by atoms with van der Waals surface area (Å²) in [5, 5.41) is 9.36.